The highest BCUT2D eigenvalue weighted by molar-refractivity contribution is 5.89. The molecule has 3 N–H and O–H groups in total. The maximum Gasteiger partial charge on any atom is 0.332 e. The topological polar surface area (TPSA) is 67.5 Å². The molecule has 3 saturated carbocycles. The molecule has 3 aliphatic rings. The summed E-state index contributed by atoms with van der Waals surface area (Å²) in [5.41, 5.74) is 8.63. The van der Waals surface area contributed by atoms with Gasteiger partial charge in [0.05, 0.1) is 0 Å². The molecule has 0 aromatic rings. The van der Waals surface area contributed by atoms with Gasteiger partial charge < -0.3 is 5.73 Å². The second-order valence-electron chi connectivity index (χ2n) is 5.32. The zero-order valence-corrected chi connectivity index (χ0v) is 8.78. The number of urea groups is 1. The first-order valence-corrected chi connectivity index (χ1v) is 5.84. The Morgan fingerprint density at radius 3 is 2.87 bits per heavy atom. The van der Waals surface area contributed by atoms with Gasteiger partial charge in [-0.3, -0.25) is 0 Å². The van der Waals surface area contributed by atoms with Crippen LogP contribution in [0.2, 0.25) is 0 Å². The molecule has 0 aromatic carbocycles. The van der Waals surface area contributed by atoms with Crippen LogP contribution in [0.1, 0.15) is 32.1 Å². The Bertz CT molecular complexity index is 324. The zero-order chi connectivity index (χ0) is 10.4. The molecule has 0 spiro atoms. The van der Waals surface area contributed by atoms with Crippen molar-refractivity contribution in [3.8, 4) is 0 Å². The summed E-state index contributed by atoms with van der Waals surface area (Å²) in [5, 5.41) is 4.19. The summed E-state index contributed by atoms with van der Waals surface area (Å²) in [6.45, 7) is 0. The fourth-order valence-corrected chi connectivity index (χ4v) is 3.97. The molecule has 3 rings (SSSR count). The van der Waals surface area contributed by atoms with Gasteiger partial charge in [-0.2, -0.15) is 5.10 Å². The Morgan fingerprint density at radius 1 is 1.27 bits per heavy atom. The third kappa shape index (κ3) is 1.52. The predicted octanol–water partition coefficient (Wildman–Crippen LogP) is 1.47. The number of amides is 2. The Kier molecular flexibility index (Phi) is 1.97. The number of hydrogen-bond acceptors (Lipinski definition) is 2. The van der Waals surface area contributed by atoms with Crippen molar-refractivity contribution < 1.29 is 4.79 Å². The molecule has 0 radical (unpaired) electrons. The van der Waals surface area contributed by atoms with Crippen LogP contribution in [0.25, 0.3) is 0 Å². The van der Waals surface area contributed by atoms with Gasteiger partial charge in [-0.15, -0.1) is 0 Å². The van der Waals surface area contributed by atoms with Gasteiger partial charge >= 0.3 is 6.03 Å². The van der Waals surface area contributed by atoms with E-state index in [2.05, 4.69) is 10.5 Å². The van der Waals surface area contributed by atoms with Crippen LogP contribution < -0.4 is 11.2 Å². The summed E-state index contributed by atoms with van der Waals surface area (Å²) in [5.74, 6) is 3.23. The molecule has 0 aromatic heterocycles. The highest BCUT2D eigenvalue weighted by Crippen LogP contribution is 2.53. The van der Waals surface area contributed by atoms with Gasteiger partial charge in [0.25, 0.3) is 0 Å². The molecule has 0 heterocycles. The number of nitrogens with zero attached hydrogens (tertiary/aromatic N) is 1. The molecular formula is C11H17N3O. The van der Waals surface area contributed by atoms with Crippen molar-refractivity contribution in [3.63, 3.8) is 0 Å². The summed E-state index contributed by atoms with van der Waals surface area (Å²) < 4.78 is 0. The molecule has 0 aliphatic heterocycles. The first-order chi connectivity index (χ1) is 7.22. The number of rotatable bonds is 1. The molecule has 82 valence electrons. The van der Waals surface area contributed by atoms with Crippen molar-refractivity contribution >= 4 is 11.7 Å². The summed E-state index contributed by atoms with van der Waals surface area (Å²) >= 11 is 0. The summed E-state index contributed by atoms with van der Waals surface area (Å²) in [6.07, 6.45) is 6.52. The molecule has 4 unspecified atom stereocenters. The summed E-state index contributed by atoms with van der Waals surface area (Å²) in [6, 6.07) is -0.546. The molecule has 15 heavy (non-hydrogen) atoms. The minimum atomic E-state index is -0.546. The SMILES string of the molecule is NC(=O)NN=C1CC2CC3CC(C2)C1C3. The van der Waals surface area contributed by atoms with E-state index >= 15 is 0 Å². The van der Waals surface area contributed by atoms with Crippen LogP contribution in [0, 0.1) is 23.7 Å². The average molecular weight is 207 g/mol. The molecule has 3 aliphatic carbocycles. The van der Waals surface area contributed by atoms with Crippen LogP contribution >= 0.6 is 0 Å². The molecule has 4 nitrogen and oxygen atoms in total. The fourth-order valence-electron chi connectivity index (χ4n) is 3.97. The quantitative estimate of drug-likeness (QED) is 0.628. The maximum absolute atomic E-state index is 10.6. The van der Waals surface area contributed by atoms with Crippen LogP contribution in [0.4, 0.5) is 4.79 Å². The van der Waals surface area contributed by atoms with Gasteiger partial charge in [-0.05, 0) is 49.9 Å². The van der Waals surface area contributed by atoms with Crippen molar-refractivity contribution in [1.29, 1.82) is 0 Å². The number of hydrazone groups is 1. The first-order valence-electron chi connectivity index (χ1n) is 5.84. The second kappa shape index (κ2) is 3.22. The van der Waals surface area contributed by atoms with Gasteiger partial charge in [0.2, 0.25) is 0 Å². The van der Waals surface area contributed by atoms with Crippen molar-refractivity contribution in [2.24, 2.45) is 34.5 Å². The lowest BCUT2D eigenvalue weighted by molar-refractivity contribution is 0.240. The molecule has 2 amide bonds. The van der Waals surface area contributed by atoms with Crippen LogP contribution in [0.15, 0.2) is 5.10 Å². The Labute approximate surface area is 89.3 Å². The van der Waals surface area contributed by atoms with Gasteiger partial charge in [0.1, 0.15) is 0 Å². The van der Waals surface area contributed by atoms with E-state index in [4.69, 9.17) is 5.73 Å². The lowest BCUT2D eigenvalue weighted by Gasteiger charge is -2.34. The second-order valence-corrected chi connectivity index (χ2v) is 5.32. The smallest absolute Gasteiger partial charge is 0.332 e. The van der Waals surface area contributed by atoms with E-state index < -0.39 is 6.03 Å². The molecular weight excluding hydrogens is 190 g/mol. The fraction of sp³-hybridized carbons (Fsp3) is 0.818. The van der Waals surface area contributed by atoms with Crippen molar-refractivity contribution in [1.82, 2.24) is 5.43 Å². The highest BCUT2D eigenvalue weighted by Gasteiger charge is 2.47. The number of fused-ring (bicyclic) bond motifs is 2. The van der Waals surface area contributed by atoms with E-state index in [1.54, 1.807) is 0 Å². The number of primary amides is 1. The zero-order valence-electron chi connectivity index (χ0n) is 8.78. The molecule has 0 saturated heterocycles. The van der Waals surface area contributed by atoms with Crippen LogP contribution in [0.5, 0.6) is 0 Å². The van der Waals surface area contributed by atoms with Crippen molar-refractivity contribution in [3.05, 3.63) is 0 Å². The number of carbonyl (C=O) groups is 1. The average Bonchev–Trinajstić information content (AvgIpc) is 2.40. The van der Waals surface area contributed by atoms with E-state index in [-0.39, 0.29) is 0 Å². The Morgan fingerprint density at radius 2 is 2.07 bits per heavy atom. The van der Waals surface area contributed by atoms with E-state index in [1.807, 2.05) is 0 Å². The van der Waals surface area contributed by atoms with Crippen molar-refractivity contribution in [2.45, 2.75) is 32.1 Å². The molecule has 4 atom stereocenters. The largest absolute Gasteiger partial charge is 0.350 e. The third-order valence-corrected chi connectivity index (χ3v) is 4.33. The van der Waals surface area contributed by atoms with E-state index in [0.29, 0.717) is 5.92 Å². The normalized spacial score (nSPS) is 44.7. The van der Waals surface area contributed by atoms with Crippen LogP contribution in [-0.4, -0.2) is 11.7 Å². The molecule has 4 heteroatoms. The monoisotopic (exact) mass is 207 g/mol. The number of hydrogen-bond donors (Lipinski definition) is 2. The van der Waals surface area contributed by atoms with E-state index in [9.17, 15) is 4.79 Å². The first kappa shape index (κ1) is 9.19. The van der Waals surface area contributed by atoms with Gasteiger partial charge in [0, 0.05) is 11.6 Å². The van der Waals surface area contributed by atoms with Crippen LogP contribution in [0.3, 0.4) is 0 Å². The highest BCUT2D eigenvalue weighted by atomic mass is 16.2. The molecule has 3 fully saturated rings. The number of nitrogens with two attached hydrogens (primary N) is 1. The van der Waals surface area contributed by atoms with Gasteiger partial charge in [-0.1, -0.05) is 0 Å². The Balaban J connectivity index is 1.81. The van der Waals surface area contributed by atoms with Crippen LogP contribution in [-0.2, 0) is 0 Å². The lowest BCUT2D eigenvalue weighted by Crippen LogP contribution is -2.33. The minimum Gasteiger partial charge on any atom is -0.350 e. The van der Waals surface area contributed by atoms with E-state index in [1.165, 1.54) is 31.4 Å². The standard InChI is InChI=1S/C11H17N3O/c12-11(15)14-13-10-5-7-1-6-2-8(3-7)9(10)4-6/h6-9H,1-5H2,(H3,12,14,15). The summed E-state index contributed by atoms with van der Waals surface area (Å²) in [4.78, 5) is 10.6. The maximum atomic E-state index is 10.6. The number of nitrogens with one attached hydrogen (secondary N) is 1. The van der Waals surface area contributed by atoms with Gasteiger partial charge in [-0.25, -0.2) is 10.2 Å². The summed E-state index contributed by atoms with van der Waals surface area (Å²) in [7, 11) is 0. The Hall–Kier alpha value is -1.06. The van der Waals surface area contributed by atoms with E-state index in [0.717, 1.165) is 24.2 Å². The molecule has 3 bridgehead atoms. The predicted molar refractivity (Wildman–Crippen MR) is 57.2 cm³/mol. The number of carbonyl (C=O) groups excluding carboxylic acids is 1. The van der Waals surface area contributed by atoms with Gasteiger partial charge in [0.15, 0.2) is 0 Å². The lowest BCUT2D eigenvalue weighted by atomic mass is 9.71. The van der Waals surface area contributed by atoms with Crippen molar-refractivity contribution in [2.75, 3.05) is 0 Å². The third-order valence-electron chi connectivity index (χ3n) is 4.33. The minimum absolute atomic E-state index is 0.546.